The Morgan fingerprint density at radius 1 is 1.03 bits per heavy atom. The first-order chi connectivity index (χ1) is 17.5. The summed E-state index contributed by atoms with van der Waals surface area (Å²) in [5.41, 5.74) is 7.51. The highest BCUT2D eigenvalue weighted by Crippen LogP contribution is 2.37. The van der Waals surface area contributed by atoms with Crippen molar-refractivity contribution in [2.24, 2.45) is 0 Å². The van der Waals surface area contributed by atoms with Crippen LogP contribution in [0.1, 0.15) is 35.0 Å². The minimum Gasteiger partial charge on any atom is -0.337 e. The Labute approximate surface area is 209 Å². The average Bonchev–Trinajstić information content (AvgIpc) is 3.59. The summed E-state index contributed by atoms with van der Waals surface area (Å²) in [6.45, 7) is 7.17. The first-order valence-corrected chi connectivity index (χ1v) is 12.6. The van der Waals surface area contributed by atoms with Gasteiger partial charge in [-0.2, -0.15) is 0 Å². The summed E-state index contributed by atoms with van der Waals surface area (Å²) in [5, 5.41) is 2.92. The highest BCUT2D eigenvalue weighted by atomic mass is 16.2. The normalized spacial score (nSPS) is 21.1. The van der Waals surface area contributed by atoms with Gasteiger partial charge in [0.25, 0.3) is 0 Å². The van der Waals surface area contributed by atoms with Crippen molar-refractivity contribution in [3.8, 4) is 11.3 Å². The van der Waals surface area contributed by atoms with E-state index in [1.165, 1.54) is 16.7 Å². The summed E-state index contributed by atoms with van der Waals surface area (Å²) >= 11 is 0. The standard InChI is InChI=1S/C27H28N8O/c1-16-3-4-17(2)20(11-16)23-7-8-24-31-22-6-5-21(32-25(22)35(23)24)18-12-28-26(29-13-18)33-9-10-34-19(15-33)14-30-27(34)36/h3-6,11-13,19,23H,7-10,14-15H2,1-2H3,(H,30,36). The smallest absolute Gasteiger partial charge is 0.317 e. The van der Waals surface area contributed by atoms with Gasteiger partial charge in [0.2, 0.25) is 5.95 Å². The third kappa shape index (κ3) is 3.33. The van der Waals surface area contributed by atoms with Gasteiger partial charge in [-0.3, -0.25) is 0 Å². The van der Waals surface area contributed by atoms with Gasteiger partial charge in [0.15, 0.2) is 5.65 Å². The van der Waals surface area contributed by atoms with Crippen LogP contribution in [0.3, 0.4) is 0 Å². The van der Waals surface area contributed by atoms with Crippen LogP contribution in [-0.4, -0.2) is 67.7 Å². The number of carbonyl (C=O) groups excluding carboxylic acids is 1. The quantitative estimate of drug-likeness (QED) is 0.484. The molecule has 1 aromatic carbocycles. The predicted molar refractivity (Wildman–Crippen MR) is 137 cm³/mol. The molecule has 3 aromatic heterocycles. The SMILES string of the molecule is Cc1ccc(C)c(C2CCc3nc4ccc(-c5cnc(N6CCN7C(=O)NCC7C6)nc5)nc4n32)c1. The van der Waals surface area contributed by atoms with E-state index in [4.69, 9.17) is 9.97 Å². The third-order valence-corrected chi connectivity index (χ3v) is 7.81. The van der Waals surface area contributed by atoms with E-state index >= 15 is 0 Å². The van der Waals surface area contributed by atoms with Gasteiger partial charge < -0.3 is 19.7 Å². The Morgan fingerprint density at radius 2 is 1.89 bits per heavy atom. The number of carbonyl (C=O) groups is 1. The van der Waals surface area contributed by atoms with Crippen LogP contribution in [0.2, 0.25) is 0 Å². The molecule has 4 aromatic rings. The van der Waals surface area contributed by atoms with Crippen molar-refractivity contribution >= 4 is 23.1 Å². The van der Waals surface area contributed by atoms with Crippen molar-refractivity contribution < 1.29 is 4.79 Å². The molecule has 2 atom stereocenters. The molecule has 6 heterocycles. The van der Waals surface area contributed by atoms with Gasteiger partial charge in [-0.1, -0.05) is 23.8 Å². The lowest BCUT2D eigenvalue weighted by Crippen LogP contribution is -2.52. The number of nitrogens with one attached hydrogen (secondary N) is 1. The maximum absolute atomic E-state index is 11.9. The molecule has 2 amide bonds. The number of aromatic nitrogens is 5. The van der Waals surface area contributed by atoms with Crippen LogP contribution < -0.4 is 10.2 Å². The van der Waals surface area contributed by atoms with Gasteiger partial charge in [0.1, 0.15) is 11.3 Å². The van der Waals surface area contributed by atoms with Crippen molar-refractivity contribution in [2.45, 2.75) is 38.8 Å². The minimum absolute atomic E-state index is 0.0311. The maximum atomic E-state index is 11.9. The van der Waals surface area contributed by atoms with E-state index in [-0.39, 0.29) is 18.1 Å². The lowest BCUT2D eigenvalue weighted by Gasteiger charge is -2.36. The fourth-order valence-electron chi connectivity index (χ4n) is 5.90. The Bertz CT molecular complexity index is 1490. The van der Waals surface area contributed by atoms with Crippen molar-refractivity contribution in [2.75, 3.05) is 31.1 Å². The number of piperazine rings is 1. The van der Waals surface area contributed by atoms with E-state index in [1.807, 2.05) is 23.4 Å². The molecule has 0 bridgehead atoms. The molecule has 0 radical (unpaired) electrons. The Kier molecular flexibility index (Phi) is 4.74. The second-order valence-electron chi connectivity index (χ2n) is 10.1. The first-order valence-electron chi connectivity index (χ1n) is 12.6. The van der Waals surface area contributed by atoms with Crippen LogP contribution in [0.4, 0.5) is 10.7 Å². The second kappa shape index (κ2) is 8.01. The molecule has 7 rings (SSSR count). The molecule has 3 aliphatic rings. The molecule has 0 spiro atoms. The summed E-state index contributed by atoms with van der Waals surface area (Å²) < 4.78 is 2.33. The fraction of sp³-hybridized carbons (Fsp3) is 0.370. The van der Waals surface area contributed by atoms with E-state index in [0.29, 0.717) is 19.0 Å². The number of aryl methyl sites for hydroxylation is 3. The number of imidazole rings is 1. The second-order valence-corrected chi connectivity index (χ2v) is 10.1. The first kappa shape index (κ1) is 21.3. The molecule has 0 aliphatic carbocycles. The topological polar surface area (TPSA) is 92.1 Å². The lowest BCUT2D eigenvalue weighted by atomic mass is 9.97. The fourth-order valence-corrected chi connectivity index (χ4v) is 5.90. The number of hydrogen-bond acceptors (Lipinski definition) is 6. The van der Waals surface area contributed by atoms with Crippen LogP contribution in [0.25, 0.3) is 22.4 Å². The van der Waals surface area contributed by atoms with Gasteiger partial charge >= 0.3 is 6.03 Å². The number of rotatable bonds is 3. The minimum atomic E-state index is 0.0311. The largest absolute Gasteiger partial charge is 0.337 e. The molecule has 36 heavy (non-hydrogen) atoms. The number of fused-ring (bicyclic) bond motifs is 4. The summed E-state index contributed by atoms with van der Waals surface area (Å²) in [6.07, 6.45) is 5.70. The zero-order valence-corrected chi connectivity index (χ0v) is 20.5. The molecule has 9 heteroatoms. The number of anilines is 1. The Morgan fingerprint density at radius 3 is 2.75 bits per heavy atom. The van der Waals surface area contributed by atoms with Gasteiger partial charge in [-0.25, -0.2) is 24.7 Å². The number of nitrogens with zero attached hydrogens (tertiary/aromatic N) is 7. The van der Waals surface area contributed by atoms with Gasteiger partial charge in [0.05, 0.1) is 17.8 Å². The zero-order valence-electron chi connectivity index (χ0n) is 20.5. The molecule has 2 fully saturated rings. The van der Waals surface area contributed by atoms with Gasteiger partial charge in [-0.15, -0.1) is 0 Å². The molecule has 9 nitrogen and oxygen atoms in total. The monoisotopic (exact) mass is 480 g/mol. The van der Waals surface area contributed by atoms with Crippen LogP contribution in [0.5, 0.6) is 0 Å². The summed E-state index contributed by atoms with van der Waals surface area (Å²) in [6, 6.07) is 11.2. The molecular formula is C27H28N8O. The number of hydrogen-bond donors (Lipinski definition) is 1. The van der Waals surface area contributed by atoms with Crippen LogP contribution in [0.15, 0.2) is 42.7 Å². The average molecular weight is 481 g/mol. The van der Waals surface area contributed by atoms with E-state index in [1.54, 1.807) is 0 Å². The third-order valence-electron chi connectivity index (χ3n) is 7.81. The predicted octanol–water partition coefficient (Wildman–Crippen LogP) is 3.25. The molecular weight excluding hydrogens is 452 g/mol. The number of benzene rings is 1. The van der Waals surface area contributed by atoms with E-state index in [9.17, 15) is 4.79 Å². The van der Waals surface area contributed by atoms with Crippen molar-refractivity contribution in [3.63, 3.8) is 0 Å². The molecule has 1 N–H and O–H groups in total. The number of amides is 2. The zero-order chi connectivity index (χ0) is 24.4. The van der Waals surface area contributed by atoms with E-state index in [0.717, 1.165) is 54.2 Å². The Balaban J connectivity index is 1.19. The Hall–Kier alpha value is -4.01. The highest BCUT2D eigenvalue weighted by molar-refractivity contribution is 5.78. The van der Waals surface area contributed by atoms with Crippen molar-refractivity contribution in [1.29, 1.82) is 0 Å². The lowest BCUT2D eigenvalue weighted by molar-refractivity contribution is 0.197. The number of urea groups is 1. The van der Waals surface area contributed by atoms with E-state index < -0.39 is 0 Å². The summed E-state index contributed by atoms with van der Waals surface area (Å²) in [7, 11) is 0. The van der Waals surface area contributed by atoms with E-state index in [2.05, 4.69) is 62.9 Å². The molecule has 182 valence electrons. The van der Waals surface area contributed by atoms with Gasteiger partial charge in [0, 0.05) is 50.6 Å². The molecule has 3 aliphatic heterocycles. The summed E-state index contributed by atoms with van der Waals surface area (Å²) in [4.78, 5) is 35.2. The van der Waals surface area contributed by atoms with Crippen LogP contribution in [-0.2, 0) is 6.42 Å². The van der Waals surface area contributed by atoms with Crippen molar-refractivity contribution in [1.82, 2.24) is 34.7 Å². The highest BCUT2D eigenvalue weighted by Gasteiger charge is 2.36. The van der Waals surface area contributed by atoms with Crippen molar-refractivity contribution in [3.05, 3.63) is 65.2 Å². The number of pyridine rings is 1. The molecule has 2 unspecified atom stereocenters. The summed E-state index contributed by atoms with van der Waals surface area (Å²) in [5.74, 6) is 1.80. The van der Waals surface area contributed by atoms with Crippen LogP contribution >= 0.6 is 0 Å². The maximum Gasteiger partial charge on any atom is 0.317 e. The molecule has 2 saturated heterocycles. The molecule has 0 saturated carbocycles. The van der Waals surface area contributed by atoms with Gasteiger partial charge in [-0.05, 0) is 43.5 Å². The van der Waals surface area contributed by atoms with Crippen LogP contribution in [0, 0.1) is 13.8 Å².